The Morgan fingerprint density at radius 2 is 1.86 bits per heavy atom. The minimum absolute atomic E-state index is 0.157. The molecule has 2 aromatic rings. The number of H-pyrrole nitrogens is 1. The third-order valence-electron chi connectivity index (χ3n) is 3.30. The summed E-state index contributed by atoms with van der Waals surface area (Å²) >= 11 is 5.24. The van der Waals surface area contributed by atoms with E-state index in [1.54, 1.807) is 0 Å². The van der Waals surface area contributed by atoms with Crippen molar-refractivity contribution in [2.45, 2.75) is 39.7 Å². The van der Waals surface area contributed by atoms with Crippen molar-refractivity contribution in [2.24, 2.45) is 0 Å². The molecular weight excluding hydrogens is 280 g/mol. The highest BCUT2D eigenvalue weighted by Gasteiger charge is 2.13. The standard InChI is InChI=1S/C17H22N2OS/c1-5-20-11-15-18-14(10-16(21)19-15)12-6-8-13(9-7-12)17(2,3)4/h6-10H,5,11H2,1-4H3,(H,18,19,21). The molecule has 0 radical (unpaired) electrons. The number of benzene rings is 1. The van der Waals surface area contributed by atoms with Crippen LogP contribution in [0, 0.1) is 4.64 Å². The highest BCUT2D eigenvalue weighted by molar-refractivity contribution is 7.71. The smallest absolute Gasteiger partial charge is 0.134 e. The summed E-state index contributed by atoms with van der Waals surface area (Å²) < 4.78 is 5.97. The first-order valence-electron chi connectivity index (χ1n) is 7.19. The average molecular weight is 302 g/mol. The molecule has 0 bridgehead atoms. The van der Waals surface area contributed by atoms with E-state index in [9.17, 15) is 0 Å². The predicted octanol–water partition coefficient (Wildman–Crippen LogP) is 4.64. The maximum atomic E-state index is 5.39. The molecule has 1 aromatic heterocycles. The van der Waals surface area contributed by atoms with Crippen molar-refractivity contribution >= 4 is 12.2 Å². The molecule has 0 saturated carbocycles. The third-order valence-corrected chi connectivity index (χ3v) is 3.51. The number of aromatic nitrogens is 2. The Balaban J connectivity index is 2.33. The predicted molar refractivity (Wildman–Crippen MR) is 88.9 cm³/mol. The molecule has 0 aliphatic carbocycles. The maximum Gasteiger partial charge on any atom is 0.134 e. The Hall–Kier alpha value is -1.52. The van der Waals surface area contributed by atoms with Crippen LogP contribution < -0.4 is 0 Å². The largest absolute Gasteiger partial charge is 0.374 e. The highest BCUT2D eigenvalue weighted by atomic mass is 32.1. The molecule has 0 aliphatic heterocycles. The molecular formula is C17H22N2OS. The van der Waals surface area contributed by atoms with Crippen LogP contribution in [-0.4, -0.2) is 16.6 Å². The molecule has 0 aliphatic rings. The lowest BCUT2D eigenvalue weighted by Crippen LogP contribution is -2.10. The van der Waals surface area contributed by atoms with Crippen molar-refractivity contribution in [1.82, 2.24) is 9.97 Å². The Morgan fingerprint density at radius 1 is 1.19 bits per heavy atom. The van der Waals surface area contributed by atoms with Crippen molar-refractivity contribution < 1.29 is 4.74 Å². The van der Waals surface area contributed by atoms with Crippen molar-refractivity contribution in [3.05, 3.63) is 46.4 Å². The summed E-state index contributed by atoms with van der Waals surface area (Å²) in [6, 6.07) is 10.4. The molecule has 1 aromatic carbocycles. The summed E-state index contributed by atoms with van der Waals surface area (Å²) in [5.74, 6) is 0.763. The van der Waals surface area contributed by atoms with Crippen LogP contribution in [0.3, 0.4) is 0 Å². The zero-order valence-electron chi connectivity index (χ0n) is 13.1. The van der Waals surface area contributed by atoms with E-state index in [0.29, 0.717) is 17.9 Å². The van der Waals surface area contributed by atoms with Crippen molar-refractivity contribution in [1.29, 1.82) is 0 Å². The monoisotopic (exact) mass is 302 g/mol. The first-order chi connectivity index (χ1) is 9.90. The van der Waals surface area contributed by atoms with Crippen LogP contribution in [0.4, 0.5) is 0 Å². The fraction of sp³-hybridized carbons (Fsp3) is 0.412. The minimum atomic E-state index is 0.157. The van der Waals surface area contributed by atoms with E-state index in [1.165, 1.54) is 5.56 Å². The van der Waals surface area contributed by atoms with Gasteiger partial charge in [0, 0.05) is 12.3 Å². The van der Waals surface area contributed by atoms with Crippen LogP contribution in [-0.2, 0) is 16.8 Å². The summed E-state index contributed by atoms with van der Waals surface area (Å²) in [7, 11) is 0. The highest BCUT2D eigenvalue weighted by Crippen LogP contribution is 2.25. The number of nitrogens with one attached hydrogen (secondary N) is 1. The molecule has 2 rings (SSSR count). The van der Waals surface area contributed by atoms with E-state index in [4.69, 9.17) is 17.0 Å². The van der Waals surface area contributed by atoms with Gasteiger partial charge < -0.3 is 9.72 Å². The van der Waals surface area contributed by atoms with E-state index in [0.717, 1.165) is 17.1 Å². The van der Waals surface area contributed by atoms with Gasteiger partial charge in [-0.2, -0.15) is 0 Å². The summed E-state index contributed by atoms with van der Waals surface area (Å²) in [5, 5.41) is 0. The molecule has 0 saturated heterocycles. The van der Waals surface area contributed by atoms with Crippen LogP contribution in [0.15, 0.2) is 30.3 Å². The second kappa shape index (κ2) is 6.50. The number of hydrogen-bond acceptors (Lipinski definition) is 3. The van der Waals surface area contributed by atoms with Gasteiger partial charge in [0.25, 0.3) is 0 Å². The number of hydrogen-bond donors (Lipinski definition) is 1. The normalized spacial score (nSPS) is 11.6. The fourth-order valence-electron chi connectivity index (χ4n) is 2.08. The third kappa shape index (κ3) is 4.22. The summed E-state index contributed by atoms with van der Waals surface area (Å²) in [6.07, 6.45) is 0. The second-order valence-electron chi connectivity index (χ2n) is 6.04. The van der Waals surface area contributed by atoms with Gasteiger partial charge in [-0.15, -0.1) is 0 Å². The Labute approximate surface area is 131 Å². The van der Waals surface area contributed by atoms with Crippen LogP contribution in [0.5, 0.6) is 0 Å². The molecule has 0 amide bonds. The van der Waals surface area contributed by atoms with Crippen LogP contribution in [0.2, 0.25) is 0 Å². The molecule has 0 atom stereocenters. The van der Waals surface area contributed by atoms with Gasteiger partial charge in [-0.1, -0.05) is 57.3 Å². The summed E-state index contributed by atoms with van der Waals surface area (Å²) in [5.41, 5.74) is 3.55. The molecule has 0 spiro atoms. The lowest BCUT2D eigenvalue weighted by Gasteiger charge is -2.19. The average Bonchev–Trinajstić information content (AvgIpc) is 2.44. The number of ether oxygens (including phenoxy) is 1. The van der Waals surface area contributed by atoms with E-state index in [-0.39, 0.29) is 5.41 Å². The molecule has 112 valence electrons. The van der Waals surface area contributed by atoms with Gasteiger partial charge in [0.15, 0.2) is 0 Å². The molecule has 0 unspecified atom stereocenters. The second-order valence-corrected chi connectivity index (χ2v) is 6.46. The van der Waals surface area contributed by atoms with E-state index in [2.05, 4.69) is 55.0 Å². The van der Waals surface area contributed by atoms with Gasteiger partial charge >= 0.3 is 0 Å². The van der Waals surface area contributed by atoms with E-state index < -0.39 is 0 Å². The molecule has 1 heterocycles. The Bertz CT molecular complexity index is 654. The lowest BCUT2D eigenvalue weighted by molar-refractivity contribution is 0.128. The van der Waals surface area contributed by atoms with Crippen molar-refractivity contribution in [2.75, 3.05) is 6.61 Å². The van der Waals surface area contributed by atoms with E-state index in [1.807, 2.05) is 13.0 Å². The van der Waals surface area contributed by atoms with Crippen molar-refractivity contribution in [3.8, 4) is 11.3 Å². The van der Waals surface area contributed by atoms with Crippen molar-refractivity contribution in [3.63, 3.8) is 0 Å². The molecule has 21 heavy (non-hydrogen) atoms. The van der Waals surface area contributed by atoms with Gasteiger partial charge in [0.1, 0.15) is 17.1 Å². The zero-order valence-corrected chi connectivity index (χ0v) is 13.9. The quantitative estimate of drug-likeness (QED) is 0.836. The lowest BCUT2D eigenvalue weighted by atomic mass is 9.86. The number of rotatable bonds is 4. The van der Waals surface area contributed by atoms with Crippen LogP contribution >= 0.6 is 12.2 Å². The van der Waals surface area contributed by atoms with Gasteiger partial charge in [-0.05, 0) is 29.5 Å². The Morgan fingerprint density at radius 3 is 2.43 bits per heavy atom. The van der Waals surface area contributed by atoms with Gasteiger partial charge in [0.2, 0.25) is 0 Å². The molecule has 3 nitrogen and oxygen atoms in total. The maximum absolute atomic E-state index is 5.39. The topological polar surface area (TPSA) is 37.9 Å². The van der Waals surface area contributed by atoms with E-state index >= 15 is 0 Å². The SMILES string of the molecule is CCOCc1nc(=S)cc(-c2ccc(C(C)(C)C)cc2)[nH]1. The fourth-order valence-corrected chi connectivity index (χ4v) is 2.31. The molecule has 0 fully saturated rings. The van der Waals surface area contributed by atoms with Gasteiger partial charge in [-0.3, -0.25) is 0 Å². The molecule has 4 heteroatoms. The number of nitrogens with zero attached hydrogens (tertiary/aromatic N) is 1. The minimum Gasteiger partial charge on any atom is -0.374 e. The Kier molecular flexibility index (Phi) is 4.91. The molecule has 1 N–H and O–H groups in total. The van der Waals surface area contributed by atoms with Gasteiger partial charge in [0.05, 0.1) is 0 Å². The zero-order chi connectivity index (χ0) is 15.5. The first kappa shape index (κ1) is 15.9. The first-order valence-corrected chi connectivity index (χ1v) is 7.60. The summed E-state index contributed by atoms with van der Waals surface area (Å²) in [6.45, 7) is 9.71. The summed E-state index contributed by atoms with van der Waals surface area (Å²) in [4.78, 5) is 7.58. The van der Waals surface area contributed by atoms with Crippen LogP contribution in [0.25, 0.3) is 11.3 Å². The van der Waals surface area contributed by atoms with Crippen LogP contribution in [0.1, 0.15) is 39.1 Å². The number of aromatic amines is 1. The van der Waals surface area contributed by atoms with Gasteiger partial charge in [-0.25, -0.2) is 4.98 Å².